The molecule has 1 aliphatic rings. The molecule has 5 aromatic rings. The van der Waals surface area contributed by atoms with Crippen molar-refractivity contribution < 1.29 is 18.7 Å². The van der Waals surface area contributed by atoms with Crippen LogP contribution in [0.25, 0.3) is 11.8 Å². The summed E-state index contributed by atoms with van der Waals surface area (Å²) in [6, 6.07) is 17.6. The van der Waals surface area contributed by atoms with Crippen molar-refractivity contribution in [1.82, 2.24) is 14.5 Å². The topological polar surface area (TPSA) is 109 Å². The molecule has 0 unspecified atom stereocenters. The van der Waals surface area contributed by atoms with Gasteiger partial charge in [-0.15, -0.1) is 0 Å². The summed E-state index contributed by atoms with van der Waals surface area (Å²) in [6.45, 7) is 3.78. The molecule has 0 amide bonds. The molecular weight excluding hydrogens is 744 g/mol. The number of hydrogen-bond donors (Lipinski definition) is 0. The second-order valence-electron chi connectivity index (χ2n) is 9.68. The van der Waals surface area contributed by atoms with Crippen molar-refractivity contribution in [3.63, 3.8) is 0 Å². The van der Waals surface area contributed by atoms with Gasteiger partial charge in [0.25, 0.3) is 5.56 Å². The van der Waals surface area contributed by atoms with Crippen molar-refractivity contribution in [2.24, 2.45) is 4.99 Å². The number of carbonyl (C=O) groups excluding carboxylic acids is 1. The molecule has 9 nitrogen and oxygen atoms in total. The summed E-state index contributed by atoms with van der Waals surface area (Å²) in [6.07, 6.45) is 3.36. The number of ether oxygens (including phenoxy) is 2. The SMILES string of the molecule is CCOC(=O)C1=C(c2ccccc2)N=c2s/c(=C\c3cc(Br)c(Sc4nccc(C)n4)o3)c(=O)n2[C@H]1c1cc(Br)ccc1OC. The van der Waals surface area contributed by atoms with Crippen molar-refractivity contribution in [1.29, 1.82) is 0 Å². The van der Waals surface area contributed by atoms with E-state index >= 15 is 0 Å². The Kier molecular flexibility index (Phi) is 9.22. The Bertz CT molecular complexity index is 2140. The largest absolute Gasteiger partial charge is 0.496 e. The van der Waals surface area contributed by atoms with Crippen molar-refractivity contribution in [3.8, 4) is 5.75 Å². The molecule has 0 fully saturated rings. The Balaban J connectivity index is 1.56. The number of benzene rings is 2. The number of aryl methyl sites for hydroxylation is 1. The van der Waals surface area contributed by atoms with Gasteiger partial charge in [0.15, 0.2) is 15.1 Å². The van der Waals surface area contributed by atoms with Crippen molar-refractivity contribution >= 4 is 72.7 Å². The molecule has 0 bridgehead atoms. The van der Waals surface area contributed by atoms with Crippen LogP contribution in [0.4, 0.5) is 0 Å². The molecule has 0 radical (unpaired) electrons. The van der Waals surface area contributed by atoms with Crippen molar-refractivity contribution in [3.05, 3.63) is 124 Å². The van der Waals surface area contributed by atoms with Crippen molar-refractivity contribution in [2.45, 2.75) is 30.1 Å². The molecule has 0 N–H and O–H groups in total. The average Bonchev–Trinajstić information content (AvgIpc) is 3.53. The quantitative estimate of drug-likeness (QED) is 0.134. The van der Waals surface area contributed by atoms with E-state index in [1.165, 1.54) is 27.7 Å². The van der Waals surface area contributed by atoms with Crippen LogP contribution >= 0.6 is 55.0 Å². The second kappa shape index (κ2) is 13.3. The van der Waals surface area contributed by atoms with Gasteiger partial charge < -0.3 is 13.9 Å². The number of halogens is 2. The van der Waals surface area contributed by atoms with Gasteiger partial charge >= 0.3 is 5.97 Å². The van der Waals surface area contributed by atoms with Gasteiger partial charge in [-0.3, -0.25) is 9.36 Å². The molecule has 0 spiro atoms. The fourth-order valence-electron chi connectivity index (χ4n) is 4.85. The summed E-state index contributed by atoms with van der Waals surface area (Å²) in [5.74, 6) is 0.382. The maximum Gasteiger partial charge on any atom is 0.338 e. The molecule has 0 aliphatic carbocycles. The van der Waals surface area contributed by atoms with Gasteiger partial charge in [-0.1, -0.05) is 57.6 Å². The van der Waals surface area contributed by atoms with E-state index in [2.05, 4.69) is 41.8 Å². The average molecular weight is 769 g/mol. The van der Waals surface area contributed by atoms with Crippen LogP contribution in [-0.2, 0) is 9.53 Å². The standard InChI is InChI=1S/C32H24Br2N4O5S2/c1-4-42-29(40)25-26(18-8-6-5-7-9-18)37-32-38(27(25)21-14-19(33)10-11-23(21)41-3)28(39)24(44-32)16-20-15-22(34)30(43-20)45-31-35-13-12-17(2)36-31/h5-16,27H,4H2,1-3H3/b24-16-/t27-/m0/s1. The molecule has 3 aromatic heterocycles. The van der Waals surface area contributed by atoms with Crippen LogP contribution < -0.4 is 19.6 Å². The molecule has 0 saturated heterocycles. The minimum atomic E-state index is -0.891. The monoisotopic (exact) mass is 766 g/mol. The number of fused-ring (bicyclic) bond motifs is 1. The third-order valence-corrected chi connectivity index (χ3v) is 9.96. The van der Waals surface area contributed by atoms with E-state index in [-0.39, 0.29) is 17.7 Å². The lowest BCUT2D eigenvalue weighted by atomic mass is 9.92. The normalized spacial score (nSPS) is 14.7. The molecule has 228 valence electrons. The number of thiazole rings is 1. The molecule has 4 heterocycles. The lowest BCUT2D eigenvalue weighted by Gasteiger charge is -2.27. The fraction of sp³-hybridized carbons (Fsp3) is 0.156. The predicted molar refractivity (Wildman–Crippen MR) is 179 cm³/mol. The zero-order chi connectivity index (χ0) is 31.7. The first kappa shape index (κ1) is 31.2. The summed E-state index contributed by atoms with van der Waals surface area (Å²) in [5, 5.41) is 1.09. The Labute approximate surface area is 282 Å². The first-order chi connectivity index (χ1) is 21.8. The highest BCUT2D eigenvalue weighted by molar-refractivity contribution is 9.10. The van der Waals surface area contributed by atoms with E-state index in [9.17, 15) is 9.59 Å². The number of furan rings is 1. The minimum absolute atomic E-state index is 0.151. The minimum Gasteiger partial charge on any atom is -0.496 e. The molecule has 6 rings (SSSR count). The van der Waals surface area contributed by atoms with Crippen LogP contribution in [0.5, 0.6) is 5.75 Å². The third-order valence-electron chi connectivity index (χ3n) is 6.76. The first-order valence-corrected chi connectivity index (χ1v) is 16.9. The van der Waals surface area contributed by atoms with Gasteiger partial charge in [0.2, 0.25) is 0 Å². The van der Waals surface area contributed by atoms with Gasteiger partial charge in [0.05, 0.1) is 34.0 Å². The molecule has 2 aromatic carbocycles. The van der Waals surface area contributed by atoms with Gasteiger partial charge in [0, 0.05) is 33.6 Å². The number of hydrogen-bond acceptors (Lipinski definition) is 10. The van der Waals surface area contributed by atoms with Crippen LogP contribution in [0.2, 0.25) is 0 Å². The first-order valence-electron chi connectivity index (χ1n) is 13.7. The van der Waals surface area contributed by atoms with Crippen LogP contribution in [0.3, 0.4) is 0 Å². The van der Waals surface area contributed by atoms with Crippen LogP contribution in [0.15, 0.2) is 106 Å². The van der Waals surface area contributed by atoms with E-state index in [1.54, 1.807) is 38.4 Å². The lowest BCUT2D eigenvalue weighted by Crippen LogP contribution is -2.40. The number of methoxy groups -OCH3 is 1. The van der Waals surface area contributed by atoms with Gasteiger partial charge in [-0.25, -0.2) is 19.8 Å². The molecule has 0 saturated carbocycles. The highest BCUT2D eigenvalue weighted by Crippen LogP contribution is 2.40. The Morgan fingerprint density at radius 1 is 1.16 bits per heavy atom. The van der Waals surface area contributed by atoms with Gasteiger partial charge in [-0.05, 0) is 71.9 Å². The Morgan fingerprint density at radius 3 is 2.69 bits per heavy atom. The lowest BCUT2D eigenvalue weighted by molar-refractivity contribution is -0.138. The molecular formula is C32H24Br2N4O5S2. The van der Waals surface area contributed by atoms with Crippen LogP contribution in [-0.4, -0.2) is 34.2 Å². The van der Waals surface area contributed by atoms with Gasteiger partial charge in [-0.2, -0.15) is 0 Å². The summed E-state index contributed by atoms with van der Waals surface area (Å²) in [5.41, 5.74) is 2.46. The maximum absolute atomic E-state index is 14.3. The number of nitrogens with zero attached hydrogens (tertiary/aromatic N) is 4. The fourth-order valence-corrected chi connectivity index (χ4v) is 7.52. The molecule has 45 heavy (non-hydrogen) atoms. The highest BCUT2D eigenvalue weighted by atomic mass is 79.9. The number of rotatable bonds is 8. The van der Waals surface area contributed by atoms with Crippen LogP contribution in [0, 0.1) is 6.92 Å². The third kappa shape index (κ3) is 6.35. The summed E-state index contributed by atoms with van der Waals surface area (Å²) < 4.78 is 20.7. The second-order valence-corrected chi connectivity index (χ2v) is 13.4. The summed E-state index contributed by atoms with van der Waals surface area (Å²) >= 11 is 9.58. The number of esters is 1. The van der Waals surface area contributed by atoms with E-state index in [1.807, 2.05) is 55.5 Å². The van der Waals surface area contributed by atoms with E-state index in [4.69, 9.17) is 18.9 Å². The van der Waals surface area contributed by atoms with Crippen molar-refractivity contribution in [2.75, 3.05) is 13.7 Å². The molecule has 1 aliphatic heterocycles. The predicted octanol–water partition coefficient (Wildman–Crippen LogP) is 6.31. The van der Waals surface area contributed by atoms with Gasteiger partial charge in [0.1, 0.15) is 17.6 Å². The Morgan fingerprint density at radius 2 is 1.96 bits per heavy atom. The summed E-state index contributed by atoms with van der Waals surface area (Å²) in [4.78, 5) is 42.0. The molecule has 1 atom stereocenters. The van der Waals surface area contributed by atoms with E-state index in [0.29, 0.717) is 52.4 Å². The van der Waals surface area contributed by atoms with E-state index in [0.717, 1.165) is 10.2 Å². The zero-order valence-corrected chi connectivity index (χ0v) is 28.9. The number of carbonyl (C=O) groups is 1. The summed E-state index contributed by atoms with van der Waals surface area (Å²) in [7, 11) is 1.55. The maximum atomic E-state index is 14.3. The smallest absolute Gasteiger partial charge is 0.338 e. The highest BCUT2D eigenvalue weighted by Gasteiger charge is 2.37. The Hall–Kier alpha value is -3.78. The van der Waals surface area contributed by atoms with Crippen LogP contribution in [0.1, 0.15) is 35.5 Å². The molecule has 13 heteroatoms. The number of aromatic nitrogens is 3. The zero-order valence-electron chi connectivity index (χ0n) is 24.1. The van der Waals surface area contributed by atoms with E-state index < -0.39 is 12.0 Å².